The highest BCUT2D eigenvalue weighted by molar-refractivity contribution is 8.18. The molecule has 20 heavy (non-hydrogen) atoms. The molecule has 2 aromatic rings. The predicted molar refractivity (Wildman–Crippen MR) is 80.0 cm³/mol. The number of allylic oxidation sites excluding steroid dienone is 2. The SMILES string of the molecule is O=C1NC(=O)C(=CC=Cc2ccnc3ccccc23)S1. The molecule has 0 aliphatic carbocycles. The van der Waals surface area contributed by atoms with Crippen LogP contribution in [0.25, 0.3) is 17.0 Å². The molecule has 1 aliphatic heterocycles. The van der Waals surface area contributed by atoms with Gasteiger partial charge in [0.2, 0.25) is 0 Å². The van der Waals surface area contributed by atoms with E-state index < -0.39 is 0 Å². The Balaban J connectivity index is 1.90. The van der Waals surface area contributed by atoms with Gasteiger partial charge in [0.1, 0.15) is 0 Å². The number of amides is 2. The van der Waals surface area contributed by atoms with Crippen LogP contribution in [0.5, 0.6) is 0 Å². The molecule has 1 aromatic heterocycles. The summed E-state index contributed by atoms with van der Waals surface area (Å²) in [5.74, 6) is -0.343. The van der Waals surface area contributed by atoms with Crippen molar-refractivity contribution >= 4 is 39.9 Å². The maximum atomic E-state index is 11.4. The zero-order valence-corrected chi connectivity index (χ0v) is 11.2. The van der Waals surface area contributed by atoms with Crippen molar-refractivity contribution in [2.75, 3.05) is 0 Å². The molecule has 2 heterocycles. The second-order valence-electron chi connectivity index (χ2n) is 4.15. The third-order valence-corrected chi connectivity index (χ3v) is 3.68. The van der Waals surface area contributed by atoms with Crippen LogP contribution < -0.4 is 5.32 Å². The summed E-state index contributed by atoms with van der Waals surface area (Å²) in [4.78, 5) is 27.1. The zero-order chi connectivity index (χ0) is 13.9. The van der Waals surface area contributed by atoms with E-state index in [0.717, 1.165) is 28.2 Å². The van der Waals surface area contributed by atoms with Crippen LogP contribution in [0.15, 0.2) is 53.6 Å². The number of carbonyl (C=O) groups is 2. The second-order valence-corrected chi connectivity index (χ2v) is 5.17. The van der Waals surface area contributed by atoms with Crippen LogP contribution >= 0.6 is 11.8 Å². The van der Waals surface area contributed by atoms with Crippen LogP contribution in [0.4, 0.5) is 4.79 Å². The Labute approximate surface area is 119 Å². The van der Waals surface area contributed by atoms with Crippen LogP contribution in [0.3, 0.4) is 0 Å². The van der Waals surface area contributed by atoms with Crippen molar-refractivity contribution in [1.29, 1.82) is 0 Å². The molecule has 0 atom stereocenters. The molecular formula is C15H10N2O2S. The number of fused-ring (bicyclic) bond motifs is 1. The van der Waals surface area contributed by atoms with Crippen molar-refractivity contribution in [3.05, 3.63) is 59.1 Å². The maximum Gasteiger partial charge on any atom is 0.290 e. The number of aromatic nitrogens is 1. The molecule has 0 spiro atoms. The fourth-order valence-electron chi connectivity index (χ4n) is 1.94. The van der Waals surface area contributed by atoms with E-state index >= 15 is 0 Å². The van der Waals surface area contributed by atoms with Gasteiger partial charge in [-0.3, -0.25) is 19.9 Å². The van der Waals surface area contributed by atoms with Crippen molar-refractivity contribution in [1.82, 2.24) is 10.3 Å². The Morgan fingerprint density at radius 2 is 2.00 bits per heavy atom. The number of nitrogens with one attached hydrogen (secondary N) is 1. The summed E-state index contributed by atoms with van der Waals surface area (Å²) in [6.07, 6.45) is 7.05. The quantitative estimate of drug-likeness (QED) is 0.860. The Kier molecular flexibility index (Phi) is 3.35. The van der Waals surface area contributed by atoms with E-state index in [1.165, 1.54) is 0 Å². The first kappa shape index (κ1) is 12.6. The molecule has 1 aliphatic rings. The average Bonchev–Trinajstić information content (AvgIpc) is 2.77. The highest BCUT2D eigenvalue weighted by Crippen LogP contribution is 2.23. The first-order chi connectivity index (χ1) is 9.74. The zero-order valence-electron chi connectivity index (χ0n) is 10.4. The van der Waals surface area contributed by atoms with Crippen molar-refractivity contribution in [3.63, 3.8) is 0 Å². The topological polar surface area (TPSA) is 59.1 Å². The second kappa shape index (κ2) is 5.30. The highest BCUT2D eigenvalue weighted by atomic mass is 32.2. The summed E-state index contributed by atoms with van der Waals surface area (Å²) < 4.78 is 0. The lowest BCUT2D eigenvalue weighted by molar-refractivity contribution is -0.115. The Morgan fingerprint density at radius 1 is 1.15 bits per heavy atom. The Hall–Kier alpha value is -2.40. The molecule has 1 N–H and O–H groups in total. The highest BCUT2D eigenvalue weighted by Gasteiger charge is 2.24. The molecule has 0 bridgehead atoms. The number of rotatable bonds is 2. The van der Waals surface area contributed by atoms with E-state index in [-0.39, 0.29) is 11.1 Å². The van der Waals surface area contributed by atoms with Crippen LogP contribution in [-0.4, -0.2) is 16.1 Å². The first-order valence-corrected chi connectivity index (χ1v) is 6.81. The number of pyridine rings is 1. The molecular weight excluding hydrogens is 272 g/mol. The van der Waals surface area contributed by atoms with E-state index in [9.17, 15) is 9.59 Å². The van der Waals surface area contributed by atoms with Gasteiger partial charge in [0.05, 0.1) is 10.4 Å². The van der Waals surface area contributed by atoms with E-state index in [4.69, 9.17) is 0 Å². The van der Waals surface area contributed by atoms with Gasteiger partial charge in [-0.2, -0.15) is 0 Å². The molecule has 3 rings (SSSR count). The van der Waals surface area contributed by atoms with Crippen molar-refractivity contribution < 1.29 is 9.59 Å². The summed E-state index contributed by atoms with van der Waals surface area (Å²) in [6, 6.07) is 9.75. The molecule has 5 heteroatoms. The fourth-order valence-corrected chi connectivity index (χ4v) is 2.57. The number of para-hydroxylation sites is 1. The van der Waals surface area contributed by atoms with Crippen molar-refractivity contribution in [3.8, 4) is 0 Å². The van der Waals surface area contributed by atoms with Crippen LogP contribution in [0.1, 0.15) is 5.56 Å². The Bertz CT molecular complexity index is 760. The van der Waals surface area contributed by atoms with Gasteiger partial charge in [-0.05, 0) is 35.5 Å². The number of hydrogen-bond donors (Lipinski definition) is 1. The smallest absolute Gasteiger partial charge is 0.282 e. The van der Waals surface area contributed by atoms with Gasteiger partial charge in [-0.15, -0.1) is 0 Å². The molecule has 0 saturated carbocycles. The van der Waals surface area contributed by atoms with Gasteiger partial charge in [0.15, 0.2) is 0 Å². The number of carbonyl (C=O) groups excluding carboxylic acids is 2. The standard InChI is InChI=1S/C15H10N2O2S/c18-14-13(20-15(19)17-14)7-3-4-10-8-9-16-12-6-2-1-5-11(10)12/h1-9H,(H,17,18,19). The first-order valence-electron chi connectivity index (χ1n) is 5.99. The molecule has 98 valence electrons. The number of imide groups is 1. The van der Waals surface area contributed by atoms with Crippen molar-refractivity contribution in [2.24, 2.45) is 0 Å². The van der Waals surface area contributed by atoms with Gasteiger partial charge in [-0.25, -0.2) is 0 Å². The molecule has 0 unspecified atom stereocenters. The number of benzene rings is 1. The van der Waals surface area contributed by atoms with Gasteiger partial charge < -0.3 is 0 Å². The Morgan fingerprint density at radius 3 is 2.80 bits per heavy atom. The molecule has 2 amide bonds. The van der Waals surface area contributed by atoms with Gasteiger partial charge in [0, 0.05) is 11.6 Å². The van der Waals surface area contributed by atoms with Gasteiger partial charge in [0.25, 0.3) is 11.1 Å². The van der Waals surface area contributed by atoms with Gasteiger partial charge >= 0.3 is 0 Å². The summed E-state index contributed by atoms with van der Waals surface area (Å²) in [6.45, 7) is 0. The van der Waals surface area contributed by atoms with Crippen LogP contribution in [0.2, 0.25) is 0 Å². The summed E-state index contributed by atoms with van der Waals surface area (Å²) >= 11 is 0.910. The number of hydrogen-bond acceptors (Lipinski definition) is 4. The lowest BCUT2D eigenvalue weighted by Crippen LogP contribution is -2.17. The summed E-state index contributed by atoms with van der Waals surface area (Å²) in [5, 5.41) is 2.93. The molecule has 1 aromatic carbocycles. The van der Waals surface area contributed by atoms with E-state index in [1.54, 1.807) is 18.3 Å². The molecule has 0 radical (unpaired) electrons. The molecule has 1 fully saturated rings. The molecule has 1 saturated heterocycles. The molecule has 4 nitrogen and oxygen atoms in total. The van der Waals surface area contributed by atoms with E-state index in [2.05, 4.69) is 10.3 Å². The normalized spacial score (nSPS) is 17.3. The van der Waals surface area contributed by atoms with Gasteiger partial charge in [-0.1, -0.05) is 30.4 Å². The maximum absolute atomic E-state index is 11.4. The minimum Gasteiger partial charge on any atom is -0.282 e. The minimum atomic E-state index is -0.343. The summed E-state index contributed by atoms with van der Waals surface area (Å²) in [7, 11) is 0. The summed E-state index contributed by atoms with van der Waals surface area (Å²) in [5.41, 5.74) is 1.94. The minimum absolute atomic E-state index is 0.330. The monoisotopic (exact) mass is 282 g/mol. The third-order valence-electron chi connectivity index (χ3n) is 2.85. The van der Waals surface area contributed by atoms with E-state index in [0.29, 0.717) is 4.91 Å². The largest absolute Gasteiger partial charge is 0.290 e. The average molecular weight is 282 g/mol. The third kappa shape index (κ3) is 2.48. The van der Waals surface area contributed by atoms with E-state index in [1.807, 2.05) is 36.4 Å². The lowest BCUT2D eigenvalue weighted by atomic mass is 10.1. The van der Waals surface area contributed by atoms with Crippen LogP contribution in [-0.2, 0) is 4.79 Å². The number of thioether (sulfide) groups is 1. The van der Waals surface area contributed by atoms with Crippen LogP contribution in [0, 0.1) is 0 Å². The number of nitrogens with zero attached hydrogens (tertiary/aromatic N) is 1. The predicted octanol–water partition coefficient (Wildman–Crippen LogP) is 3.11. The van der Waals surface area contributed by atoms with Crippen molar-refractivity contribution in [2.45, 2.75) is 0 Å². The lowest BCUT2D eigenvalue weighted by Gasteiger charge is -2.00. The fraction of sp³-hybridized carbons (Fsp3) is 0.